The third kappa shape index (κ3) is 1.37. The van der Waals surface area contributed by atoms with Crippen LogP contribution >= 0.6 is 0 Å². The zero-order chi connectivity index (χ0) is 9.26. The Labute approximate surface area is 78.9 Å². The first-order chi connectivity index (χ1) is 6.29. The Kier molecular flexibility index (Phi) is 1.92. The molecule has 1 aliphatic rings. The van der Waals surface area contributed by atoms with Crippen molar-refractivity contribution in [1.29, 1.82) is 0 Å². The summed E-state index contributed by atoms with van der Waals surface area (Å²) in [5, 5.41) is 0. The molecule has 0 saturated carbocycles. The molecule has 0 heterocycles. The molecule has 0 aromatic heterocycles. The van der Waals surface area contributed by atoms with Crippen molar-refractivity contribution in [3.05, 3.63) is 52.3 Å². The van der Waals surface area contributed by atoms with Gasteiger partial charge in [-0.2, -0.15) is 0 Å². The number of hydrogen-bond acceptors (Lipinski definition) is 0. The van der Waals surface area contributed by atoms with Crippen molar-refractivity contribution in [3.63, 3.8) is 0 Å². The summed E-state index contributed by atoms with van der Waals surface area (Å²) in [6, 6.07) is 4.32. The molecule has 2 rings (SSSR count). The highest BCUT2D eigenvalue weighted by Crippen LogP contribution is 2.22. The van der Waals surface area contributed by atoms with Gasteiger partial charge in [0.05, 0.1) is 0 Å². The predicted octanol–water partition coefficient (Wildman–Crippen LogP) is 3.50. The SMILES string of the molecule is Cc1ccc(C)c2c1C=C=CC=C2. The summed E-state index contributed by atoms with van der Waals surface area (Å²) >= 11 is 0. The summed E-state index contributed by atoms with van der Waals surface area (Å²) in [7, 11) is 0. The topological polar surface area (TPSA) is 0 Å². The van der Waals surface area contributed by atoms with Gasteiger partial charge in [-0.25, -0.2) is 0 Å². The highest BCUT2D eigenvalue weighted by molar-refractivity contribution is 5.72. The van der Waals surface area contributed by atoms with Crippen LogP contribution in [0.3, 0.4) is 0 Å². The van der Waals surface area contributed by atoms with Gasteiger partial charge in [0.1, 0.15) is 0 Å². The fourth-order valence-corrected chi connectivity index (χ4v) is 1.60. The van der Waals surface area contributed by atoms with E-state index >= 15 is 0 Å². The van der Waals surface area contributed by atoms with E-state index < -0.39 is 0 Å². The molecule has 1 aromatic rings. The Hall–Kier alpha value is -1.52. The Bertz CT molecular complexity index is 428. The minimum atomic E-state index is 1.30. The van der Waals surface area contributed by atoms with Crippen molar-refractivity contribution in [2.24, 2.45) is 0 Å². The lowest BCUT2D eigenvalue weighted by Gasteiger charge is -2.07. The fourth-order valence-electron chi connectivity index (χ4n) is 1.60. The maximum Gasteiger partial charge on any atom is -0.00748 e. The molecule has 0 saturated heterocycles. The predicted molar refractivity (Wildman–Crippen MR) is 57.5 cm³/mol. The molecule has 1 aromatic carbocycles. The smallest absolute Gasteiger partial charge is 0.00748 e. The van der Waals surface area contributed by atoms with Crippen molar-refractivity contribution in [2.45, 2.75) is 13.8 Å². The quantitative estimate of drug-likeness (QED) is 0.520. The van der Waals surface area contributed by atoms with Crippen molar-refractivity contribution < 1.29 is 0 Å². The summed E-state index contributed by atoms with van der Waals surface area (Å²) in [4.78, 5) is 0. The van der Waals surface area contributed by atoms with Gasteiger partial charge in [-0.3, -0.25) is 0 Å². The van der Waals surface area contributed by atoms with Gasteiger partial charge in [0.25, 0.3) is 0 Å². The molecule has 0 nitrogen and oxygen atoms in total. The van der Waals surface area contributed by atoms with Crippen LogP contribution in [0.25, 0.3) is 12.2 Å². The van der Waals surface area contributed by atoms with Crippen molar-refractivity contribution >= 4 is 12.2 Å². The van der Waals surface area contributed by atoms with Gasteiger partial charge in [-0.05, 0) is 48.3 Å². The third-order valence-electron chi connectivity index (χ3n) is 2.41. The molecule has 0 N–H and O–H groups in total. The molecule has 0 spiro atoms. The molecular formula is C13H12. The highest BCUT2D eigenvalue weighted by Gasteiger charge is 2.03. The van der Waals surface area contributed by atoms with E-state index in [0.29, 0.717) is 0 Å². The Morgan fingerprint density at radius 3 is 2.46 bits per heavy atom. The zero-order valence-corrected chi connectivity index (χ0v) is 7.96. The second kappa shape index (κ2) is 3.08. The molecule has 0 heteroatoms. The average Bonchev–Trinajstić information content (AvgIpc) is 2.37. The number of allylic oxidation sites excluding steroid dienone is 2. The monoisotopic (exact) mass is 168 g/mol. The summed E-state index contributed by atoms with van der Waals surface area (Å²) in [5.41, 5.74) is 8.39. The number of rotatable bonds is 0. The normalized spacial score (nSPS) is 12.8. The van der Waals surface area contributed by atoms with E-state index in [1.807, 2.05) is 12.2 Å². The van der Waals surface area contributed by atoms with Crippen LogP contribution < -0.4 is 0 Å². The molecule has 64 valence electrons. The Morgan fingerprint density at radius 1 is 1.00 bits per heavy atom. The van der Waals surface area contributed by atoms with Crippen LogP contribution in [0, 0.1) is 13.8 Å². The van der Waals surface area contributed by atoms with Gasteiger partial charge in [0, 0.05) is 0 Å². The van der Waals surface area contributed by atoms with E-state index in [0.717, 1.165) is 0 Å². The van der Waals surface area contributed by atoms with Crippen LogP contribution in [0.4, 0.5) is 0 Å². The molecular weight excluding hydrogens is 156 g/mol. The molecule has 0 bridgehead atoms. The largest absolute Gasteiger partial charge is 0.120 e. The van der Waals surface area contributed by atoms with Gasteiger partial charge in [0.15, 0.2) is 0 Å². The lowest BCUT2D eigenvalue weighted by molar-refractivity contribution is 1.36. The van der Waals surface area contributed by atoms with Gasteiger partial charge in [0.2, 0.25) is 0 Å². The molecule has 0 amide bonds. The Balaban J connectivity index is 2.78. The maximum absolute atomic E-state index is 3.13. The molecule has 0 radical (unpaired) electrons. The van der Waals surface area contributed by atoms with E-state index in [1.54, 1.807) is 0 Å². The first-order valence-electron chi connectivity index (χ1n) is 4.48. The minimum absolute atomic E-state index is 1.30. The number of benzene rings is 1. The van der Waals surface area contributed by atoms with Crippen molar-refractivity contribution in [2.75, 3.05) is 0 Å². The van der Waals surface area contributed by atoms with E-state index in [9.17, 15) is 0 Å². The lowest BCUT2D eigenvalue weighted by atomic mass is 9.97. The maximum atomic E-state index is 3.13. The number of aryl methyl sites for hydroxylation is 2. The summed E-state index contributed by atoms with van der Waals surface area (Å²) < 4.78 is 0. The third-order valence-corrected chi connectivity index (χ3v) is 2.41. The van der Waals surface area contributed by atoms with Gasteiger partial charge in [-0.1, -0.05) is 24.3 Å². The highest BCUT2D eigenvalue weighted by atomic mass is 14.1. The van der Waals surface area contributed by atoms with Gasteiger partial charge >= 0.3 is 0 Å². The molecule has 1 aliphatic carbocycles. The van der Waals surface area contributed by atoms with E-state index in [4.69, 9.17) is 0 Å². The lowest BCUT2D eigenvalue weighted by Crippen LogP contribution is -1.89. The first kappa shape index (κ1) is 8.10. The molecule has 0 unspecified atom stereocenters. The van der Waals surface area contributed by atoms with Gasteiger partial charge in [-0.15, -0.1) is 5.73 Å². The molecule has 0 atom stereocenters. The zero-order valence-electron chi connectivity index (χ0n) is 7.96. The van der Waals surface area contributed by atoms with Crippen LogP contribution in [0.1, 0.15) is 22.3 Å². The second-order valence-corrected chi connectivity index (χ2v) is 3.36. The van der Waals surface area contributed by atoms with Crippen LogP contribution in [0.15, 0.2) is 30.0 Å². The van der Waals surface area contributed by atoms with E-state index in [-0.39, 0.29) is 0 Å². The molecule has 13 heavy (non-hydrogen) atoms. The van der Waals surface area contributed by atoms with E-state index in [2.05, 4.69) is 43.9 Å². The van der Waals surface area contributed by atoms with Crippen LogP contribution in [0.5, 0.6) is 0 Å². The van der Waals surface area contributed by atoms with Crippen molar-refractivity contribution in [3.8, 4) is 0 Å². The molecule has 0 aliphatic heterocycles. The Morgan fingerprint density at radius 2 is 1.69 bits per heavy atom. The molecule has 0 fully saturated rings. The van der Waals surface area contributed by atoms with E-state index in [1.165, 1.54) is 22.3 Å². The van der Waals surface area contributed by atoms with Crippen LogP contribution in [-0.4, -0.2) is 0 Å². The number of fused-ring (bicyclic) bond motifs is 1. The average molecular weight is 168 g/mol. The van der Waals surface area contributed by atoms with Crippen LogP contribution in [0.2, 0.25) is 0 Å². The minimum Gasteiger partial charge on any atom is -0.120 e. The fraction of sp³-hybridized carbons (Fsp3) is 0.154. The first-order valence-corrected chi connectivity index (χ1v) is 4.48. The van der Waals surface area contributed by atoms with Gasteiger partial charge < -0.3 is 0 Å². The number of hydrogen-bond donors (Lipinski definition) is 0. The van der Waals surface area contributed by atoms with Crippen molar-refractivity contribution in [1.82, 2.24) is 0 Å². The van der Waals surface area contributed by atoms with Crippen LogP contribution in [-0.2, 0) is 0 Å². The summed E-state index contributed by atoms with van der Waals surface area (Å²) in [5.74, 6) is 0. The standard InChI is InChI=1S/C13H12/c1-10-8-9-11(2)13-7-5-3-4-6-12(10)13/h3-4,6-9H,1-2H3. The second-order valence-electron chi connectivity index (χ2n) is 3.36. The summed E-state index contributed by atoms with van der Waals surface area (Å²) in [6.07, 6.45) is 8.18. The summed E-state index contributed by atoms with van der Waals surface area (Å²) in [6.45, 7) is 4.28.